The topological polar surface area (TPSA) is 29.5 Å². The number of ether oxygens (including phenoxy) is 1. The fraction of sp³-hybridized carbons (Fsp3) is 0.533. The zero-order chi connectivity index (χ0) is 13.7. The summed E-state index contributed by atoms with van der Waals surface area (Å²) in [6, 6.07) is 5.12. The maximum atomic E-state index is 13.5. The number of halogens is 1. The number of hydrogen-bond donors (Lipinski definition) is 0. The van der Waals surface area contributed by atoms with Gasteiger partial charge in [-0.1, -0.05) is 6.07 Å². The van der Waals surface area contributed by atoms with Crippen LogP contribution in [-0.4, -0.2) is 37.4 Å². The van der Waals surface area contributed by atoms with Crippen molar-refractivity contribution in [2.45, 2.75) is 25.7 Å². The Morgan fingerprint density at radius 2 is 2.05 bits per heavy atom. The normalized spacial score (nSPS) is 16.6. The lowest BCUT2D eigenvalue weighted by Gasteiger charge is -2.25. The number of rotatable bonds is 5. The molecule has 1 aliphatic rings. The van der Waals surface area contributed by atoms with E-state index in [4.69, 9.17) is 4.74 Å². The number of carbonyl (C=O) groups is 1. The first-order valence-corrected chi connectivity index (χ1v) is 6.75. The van der Waals surface area contributed by atoms with E-state index < -0.39 is 0 Å². The molecule has 1 aliphatic heterocycles. The van der Waals surface area contributed by atoms with E-state index in [1.807, 2.05) is 6.07 Å². The van der Waals surface area contributed by atoms with Gasteiger partial charge in [-0.25, -0.2) is 4.39 Å². The average molecular weight is 265 g/mol. The number of carbonyl (C=O) groups excluding carboxylic acids is 1. The molecule has 104 valence electrons. The molecule has 0 aromatic heterocycles. The smallest absolute Gasteiger partial charge is 0.165 e. The number of Topliss-reactive ketones (excluding diaryl/α,β-unsaturated/α-hetero) is 1. The third-order valence-electron chi connectivity index (χ3n) is 3.57. The Kier molecular flexibility index (Phi) is 4.91. The van der Waals surface area contributed by atoms with Gasteiger partial charge in [-0.05, 0) is 37.1 Å². The summed E-state index contributed by atoms with van der Waals surface area (Å²) in [5.41, 5.74) is 0.992. The van der Waals surface area contributed by atoms with Gasteiger partial charge < -0.3 is 9.64 Å². The lowest BCUT2D eigenvalue weighted by atomic mass is 10.1. The van der Waals surface area contributed by atoms with Gasteiger partial charge in [0.25, 0.3) is 0 Å². The third kappa shape index (κ3) is 4.03. The van der Waals surface area contributed by atoms with Crippen LogP contribution in [0.15, 0.2) is 18.2 Å². The van der Waals surface area contributed by atoms with Crippen molar-refractivity contribution in [2.75, 3.05) is 26.7 Å². The minimum atomic E-state index is -0.302. The maximum Gasteiger partial charge on any atom is 0.165 e. The first-order chi connectivity index (χ1) is 9.19. The predicted octanol–water partition coefficient (Wildman–Crippen LogP) is 2.43. The number of benzene rings is 1. The molecule has 4 heteroatoms. The van der Waals surface area contributed by atoms with E-state index in [2.05, 4.69) is 4.90 Å². The molecule has 0 N–H and O–H groups in total. The molecule has 1 heterocycles. The van der Waals surface area contributed by atoms with Crippen LogP contribution in [0.4, 0.5) is 4.39 Å². The lowest BCUT2D eigenvalue weighted by Crippen LogP contribution is -2.34. The number of nitrogens with zero attached hydrogens (tertiary/aromatic N) is 1. The van der Waals surface area contributed by atoms with Crippen molar-refractivity contribution in [3.8, 4) is 5.75 Å². The second-order valence-electron chi connectivity index (χ2n) is 4.95. The summed E-state index contributed by atoms with van der Waals surface area (Å²) in [6.45, 7) is 2.71. The van der Waals surface area contributed by atoms with Crippen molar-refractivity contribution in [3.63, 3.8) is 0 Å². The largest absolute Gasteiger partial charge is 0.494 e. The molecule has 0 bridgehead atoms. The van der Waals surface area contributed by atoms with E-state index in [0.717, 1.165) is 38.0 Å². The molecule has 0 atom stereocenters. The van der Waals surface area contributed by atoms with Crippen molar-refractivity contribution in [2.24, 2.45) is 0 Å². The van der Waals surface area contributed by atoms with Gasteiger partial charge in [0.1, 0.15) is 5.78 Å². The van der Waals surface area contributed by atoms with Crippen LogP contribution in [0.1, 0.15) is 24.8 Å². The van der Waals surface area contributed by atoms with Crippen LogP contribution in [-0.2, 0) is 11.2 Å². The third-order valence-corrected chi connectivity index (χ3v) is 3.57. The summed E-state index contributed by atoms with van der Waals surface area (Å²) < 4.78 is 18.4. The van der Waals surface area contributed by atoms with Crippen LogP contribution in [0.25, 0.3) is 0 Å². The Bertz CT molecular complexity index is 438. The van der Waals surface area contributed by atoms with E-state index in [0.29, 0.717) is 24.4 Å². The minimum Gasteiger partial charge on any atom is -0.494 e. The van der Waals surface area contributed by atoms with Crippen LogP contribution in [0.5, 0.6) is 5.75 Å². The van der Waals surface area contributed by atoms with E-state index in [1.165, 1.54) is 7.11 Å². The summed E-state index contributed by atoms with van der Waals surface area (Å²) in [6.07, 6.45) is 3.19. The van der Waals surface area contributed by atoms with Crippen LogP contribution in [0.2, 0.25) is 0 Å². The molecule has 0 aliphatic carbocycles. The first kappa shape index (κ1) is 14.0. The fourth-order valence-electron chi connectivity index (χ4n) is 2.40. The molecule has 1 aromatic carbocycles. The Morgan fingerprint density at radius 3 is 2.68 bits per heavy atom. The van der Waals surface area contributed by atoms with Crippen LogP contribution in [0, 0.1) is 5.82 Å². The minimum absolute atomic E-state index is 0.290. The number of ketones is 1. The van der Waals surface area contributed by atoms with E-state index in [9.17, 15) is 9.18 Å². The summed E-state index contributed by atoms with van der Waals surface area (Å²) in [5.74, 6) is 0.357. The number of aryl methyl sites for hydroxylation is 1. The summed E-state index contributed by atoms with van der Waals surface area (Å²) in [7, 11) is 1.47. The molecule has 1 saturated heterocycles. The summed E-state index contributed by atoms with van der Waals surface area (Å²) >= 11 is 0. The molecule has 2 rings (SSSR count). The second-order valence-corrected chi connectivity index (χ2v) is 4.95. The van der Waals surface area contributed by atoms with Gasteiger partial charge in [0.05, 0.1) is 7.11 Å². The molecule has 3 nitrogen and oxygen atoms in total. The van der Waals surface area contributed by atoms with Gasteiger partial charge in [0, 0.05) is 25.9 Å². The molecule has 0 unspecified atom stereocenters. The van der Waals surface area contributed by atoms with Gasteiger partial charge in [0.2, 0.25) is 0 Å². The second kappa shape index (κ2) is 6.66. The van der Waals surface area contributed by atoms with Crippen molar-refractivity contribution in [1.82, 2.24) is 4.90 Å². The van der Waals surface area contributed by atoms with Gasteiger partial charge in [-0.15, -0.1) is 0 Å². The highest BCUT2D eigenvalue weighted by Crippen LogP contribution is 2.18. The molecule has 1 aromatic rings. The van der Waals surface area contributed by atoms with Gasteiger partial charge >= 0.3 is 0 Å². The zero-order valence-corrected chi connectivity index (χ0v) is 11.3. The fourth-order valence-corrected chi connectivity index (χ4v) is 2.40. The van der Waals surface area contributed by atoms with Crippen molar-refractivity contribution >= 4 is 5.78 Å². The molecule has 0 spiro atoms. The molecule has 0 amide bonds. The standard InChI is InChI=1S/C15H20FNO2/c1-19-15-5-4-12(11-14(15)16)3-2-8-17-9-6-13(18)7-10-17/h4-5,11H,2-3,6-10H2,1H3. The zero-order valence-electron chi connectivity index (χ0n) is 11.3. The highest BCUT2D eigenvalue weighted by molar-refractivity contribution is 5.79. The van der Waals surface area contributed by atoms with Crippen molar-refractivity contribution in [1.29, 1.82) is 0 Å². The highest BCUT2D eigenvalue weighted by Gasteiger charge is 2.15. The van der Waals surface area contributed by atoms with Crippen molar-refractivity contribution in [3.05, 3.63) is 29.6 Å². The van der Waals surface area contributed by atoms with Crippen molar-refractivity contribution < 1.29 is 13.9 Å². The highest BCUT2D eigenvalue weighted by atomic mass is 19.1. The summed E-state index contributed by atoms with van der Waals surface area (Å²) in [5, 5.41) is 0. The van der Waals surface area contributed by atoms with E-state index >= 15 is 0 Å². The van der Waals surface area contributed by atoms with E-state index in [1.54, 1.807) is 12.1 Å². The number of hydrogen-bond acceptors (Lipinski definition) is 3. The Hall–Kier alpha value is -1.42. The Morgan fingerprint density at radius 1 is 1.32 bits per heavy atom. The Balaban J connectivity index is 1.76. The summed E-state index contributed by atoms with van der Waals surface area (Å²) in [4.78, 5) is 13.4. The van der Waals surface area contributed by atoms with Crippen LogP contribution in [0.3, 0.4) is 0 Å². The van der Waals surface area contributed by atoms with Gasteiger partial charge in [-0.3, -0.25) is 4.79 Å². The molecule has 0 radical (unpaired) electrons. The SMILES string of the molecule is COc1ccc(CCCN2CCC(=O)CC2)cc1F. The van der Waals surface area contributed by atoms with Crippen LogP contribution >= 0.6 is 0 Å². The number of piperidine rings is 1. The lowest BCUT2D eigenvalue weighted by molar-refractivity contribution is -0.121. The molecule has 19 heavy (non-hydrogen) atoms. The monoisotopic (exact) mass is 265 g/mol. The quantitative estimate of drug-likeness (QED) is 0.819. The molecule has 0 saturated carbocycles. The number of likely N-dealkylation sites (tertiary alicyclic amines) is 1. The number of methoxy groups -OCH3 is 1. The molecular weight excluding hydrogens is 245 g/mol. The molecular formula is C15H20FNO2. The predicted molar refractivity (Wildman–Crippen MR) is 72.0 cm³/mol. The van der Waals surface area contributed by atoms with Gasteiger partial charge in [0.15, 0.2) is 11.6 Å². The average Bonchev–Trinajstić information content (AvgIpc) is 2.41. The Labute approximate surface area is 113 Å². The molecule has 1 fully saturated rings. The van der Waals surface area contributed by atoms with Crippen LogP contribution < -0.4 is 4.74 Å². The van der Waals surface area contributed by atoms with Gasteiger partial charge in [-0.2, -0.15) is 0 Å². The maximum absolute atomic E-state index is 13.5. The van der Waals surface area contributed by atoms with E-state index in [-0.39, 0.29) is 5.82 Å². The first-order valence-electron chi connectivity index (χ1n) is 6.75.